The molecule has 39 heavy (non-hydrogen) atoms. The van der Waals surface area contributed by atoms with Crippen LogP contribution >= 0.6 is 0 Å². The molecule has 0 aromatic heterocycles. The second-order valence-corrected chi connectivity index (χ2v) is 11.8. The first kappa shape index (κ1) is 27.7. The van der Waals surface area contributed by atoms with E-state index in [2.05, 4.69) is 52.9 Å². The Balaban J connectivity index is 1.29. The molecule has 1 saturated heterocycles. The molecule has 2 atom stereocenters. The maximum Gasteiger partial charge on any atom is 0.229 e. The van der Waals surface area contributed by atoms with Gasteiger partial charge in [-0.1, -0.05) is 36.0 Å². The molecule has 0 radical (unpaired) electrons. The number of rotatable bonds is 6. The van der Waals surface area contributed by atoms with E-state index in [-0.39, 0.29) is 17.5 Å². The third-order valence-electron chi connectivity index (χ3n) is 8.94. The molecule has 1 saturated carbocycles. The number of piperazine rings is 1. The number of amides is 1. The van der Waals surface area contributed by atoms with Crippen LogP contribution in [0, 0.1) is 11.3 Å². The first-order valence-corrected chi connectivity index (χ1v) is 14.4. The van der Waals surface area contributed by atoms with Crippen molar-refractivity contribution >= 4 is 17.5 Å². The zero-order valence-electron chi connectivity index (χ0n) is 23.8. The molecule has 1 amide bonds. The summed E-state index contributed by atoms with van der Waals surface area (Å²) in [4.78, 5) is 36.4. The van der Waals surface area contributed by atoms with E-state index in [1.807, 2.05) is 12.2 Å². The minimum absolute atomic E-state index is 0.144. The van der Waals surface area contributed by atoms with Crippen LogP contribution in [0.5, 0.6) is 0 Å². The average molecular weight is 533 g/mol. The molecule has 0 N–H and O–H groups in total. The molecule has 0 aromatic rings. The van der Waals surface area contributed by atoms with Crippen LogP contribution in [0.25, 0.3) is 0 Å². The minimum atomic E-state index is -1.03. The number of aliphatic imine (C=N–C) groups is 1. The lowest BCUT2D eigenvalue weighted by atomic mass is 9.93. The topological polar surface area (TPSA) is 56.2 Å². The Bertz CT molecular complexity index is 1240. The Labute approximate surface area is 232 Å². The van der Waals surface area contributed by atoms with Crippen LogP contribution in [0.4, 0.5) is 4.39 Å². The van der Waals surface area contributed by atoms with Gasteiger partial charge < -0.3 is 0 Å². The molecule has 2 heterocycles. The lowest BCUT2D eigenvalue weighted by Crippen LogP contribution is -2.49. The number of carbonyl (C=O) groups excluding carboxylic acids is 2. The molecular formula is C32H41FN4O2. The van der Waals surface area contributed by atoms with Gasteiger partial charge in [0.05, 0.1) is 11.6 Å². The Morgan fingerprint density at radius 2 is 1.90 bits per heavy atom. The third-order valence-corrected chi connectivity index (χ3v) is 8.94. The monoisotopic (exact) mass is 532 g/mol. The summed E-state index contributed by atoms with van der Waals surface area (Å²) >= 11 is 0. The average Bonchev–Trinajstić information content (AvgIpc) is 3.71. The lowest BCUT2D eigenvalue weighted by Gasteiger charge is -2.37. The van der Waals surface area contributed by atoms with Crippen molar-refractivity contribution in [2.75, 3.05) is 32.7 Å². The normalized spacial score (nSPS) is 27.7. The van der Waals surface area contributed by atoms with Crippen molar-refractivity contribution in [3.05, 3.63) is 70.9 Å². The zero-order valence-corrected chi connectivity index (χ0v) is 23.8. The molecule has 2 fully saturated rings. The van der Waals surface area contributed by atoms with Crippen molar-refractivity contribution in [3.63, 3.8) is 0 Å². The van der Waals surface area contributed by atoms with Gasteiger partial charge in [-0.15, -0.1) is 0 Å². The summed E-state index contributed by atoms with van der Waals surface area (Å²) in [5, 5.41) is 0. The number of nitrogens with zero attached hydrogens (tertiary/aromatic N) is 4. The van der Waals surface area contributed by atoms with Gasteiger partial charge in [0.15, 0.2) is 0 Å². The number of hydrogen-bond acceptors (Lipinski definition) is 5. The summed E-state index contributed by atoms with van der Waals surface area (Å²) in [6.45, 7) is 13.1. The van der Waals surface area contributed by atoms with E-state index >= 15 is 0 Å². The van der Waals surface area contributed by atoms with Crippen molar-refractivity contribution in [2.45, 2.75) is 65.8 Å². The predicted molar refractivity (Wildman–Crippen MR) is 153 cm³/mol. The van der Waals surface area contributed by atoms with Crippen molar-refractivity contribution in [1.29, 1.82) is 0 Å². The number of allylic oxidation sites excluding steroid dienone is 9. The van der Waals surface area contributed by atoms with Gasteiger partial charge >= 0.3 is 0 Å². The molecular weight excluding hydrogens is 491 g/mol. The van der Waals surface area contributed by atoms with Crippen molar-refractivity contribution in [1.82, 2.24) is 14.7 Å². The second-order valence-electron chi connectivity index (χ2n) is 11.8. The number of Topliss-reactive ketones (excluding diaryl/α,β-unsaturated/α-hetero) is 1. The van der Waals surface area contributed by atoms with Gasteiger partial charge in [0.1, 0.15) is 17.4 Å². The summed E-state index contributed by atoms with van der Waals surface area (Å²) in [6.07, 6.45) is 18.0. The maximum atomic E-state index is 14.3. The van der Waals surface area contributed by atoms with E-state index in [0.717, 1.165) is 63.3 Å². The minimum Gasteiger partial charge on any atom is -0.299 e. The number of amidine groups is 1. The zero-order chi connectivity index (χ0) is 27.7. The molecule has 5 rings (SSSR count). The molecule has 0 aromatic carbocycles. The van der Waals surface area contributed by atoms with Gasteiger partial charge in [-0.25, -0.2) is 9.38 Å². The van der Waals surface area contributed by atoms with Crippen LogP contribution in [-0.4, -0.2) is 71.0 Å². The van der Waals surface area contributed by atoms with Crippen LogP contribution in [-0.2, 0) is 9.59 Å². The first-order valence-electron chi connectivity index (χ1n) is 14.4. The quantitative estimate of drug-likeness (QED) is 0.454. The van der Waals surface area contributed by atoms with E-state index in [1.165, 1.54) is 36.1 Å². The highest BCUT2D eigenvalue weighted by molar-refractivity contribution is 6.17. The summed E-state index contributed by atoms with van der Waals surface area (Å²) in [5.41, 5.74) is 3.68. The fourth-order valence-electron chi connectivity index (χ4n) is 6.47. The van der Waals surface area contributed by atoms with Crippen LogP contribution in [0.1, 0.15) is 59.8 Å². The van der Waals surface area contributed by atoms with Crippen molar-refractivity contribution < 1.29 is 14.0 Å². The number of halogens is 1. The van der Waals surface area contributed by atoms with E-state index in [4.69, 9.17) is 0 Å². The molecule has 5 aliphatic rings. The first-order chi connectivity index (χ1) is 18.7. The number of hydrogen-bond donors (Lipinski definition) is 0. The fraction of sp³-hybridized carbons (Fsp3) is 0.531. The SMILES string of the molecule is CC(=O)N(C1=CC=CC(C2=CC=C(CN3CCN(C(C)C)CC3)CCC2)=CC1)C1=NC=C(F)C2CC12C(C)=O. The highest BCUT2D eigenvalue weighted by atomic mass is 19.1. The molecule has 7 heteroatoms. The number of ketones is 1. The molecule has 0 spiro atoms. The van der Waals surface area contributed by atoms with E-state index in [1.54, 1.807) is 0 Å². The van der Waals surface area contributed by atoms with Crippen LogP contribution in [0.3, 0.4) is 0 Å². The smallest absolute Gasteiger partial charge is 0.229 e. The van der Waals surface area contributed by atoms with Crippen LogP contribution in [0.2, 0.25) is 0 Å². The predicted octanol–water partition coefficient (Wildman–Crippen LogP) is 5.49. The van der Waals surface area contributed by atoms with Gasteiger partial charge in [0.25, 0.3) is 0 Å². The van der Waals surface area contributed by atoms with Gasteiger partial charge in [-0.3, -0.25) is 24.3 Å². The van der Waals surface area contributed by atoms with Gasteiger partial charge in [-0.05, 0) is 63.7 Å². The van der Waals surface area contributed by atoms with E-state index in [9.17, 15) is 14.0 Å². The van der Waals surface area contributed by atoms with E-state index < -0.39 is 11.3 Å². The molecule has 2 unspecified atom stereocenters. The Hall–Kier alpha value is -2.90. The standard InChI is InChI=1S/C32H41FN4O2/c1-22(2)36-17-15-35(16-18-36)21-25-7-5-8-26(12-11-25)27-9-6-10-28(14-13-27)37(24(4)39)31-32(23(3)38)19-29(32)30(33)20-34-31/h6,9-13,20,22,29H,5,7-8,14-19,21H2,1-4H3. The maximum absolute atomic E-state index is 14.3. The summed E-state index contributed by atoms with van der Waals surface area (Å²) in [7, 11) is 0. The molecule has 2 aliphatic heterocycles. The Kier molecular flexibility index (Phi) is 8.01. The van der Waals surface area contributed by atoms with E-state index in [0.29, 0.717) is 24.7 Å². The second kappa shape index (κ2) is 11.3. The van der Waals surface area contributed by atoms with Crippen molar-refractivity contribution in [3.8, 4) is 0 Å². The van der Waals surface area contributed by atoms with Crippen molar-refractivity contribution in [2.24, 2.45) is 16.3 Å². The molecule has 0 bridgehead atoms. The van der Waals surface area contributed by atoms with Gasteiger partial charge in [0, 0.05) is 63.7 Å². The third kappa shape index (κ3) is 5.57. The fourth-order valence-corrected chi connectivity index (χ4v) is 6.47. The summed E-state index contributed by atoms with van der Waals surface area (Å²) in [5.74, 6) is -0.883. The Morgan fingerprint density at radius 3 is 2.59 bits per heavy atom. The summed E-state index contributed by atoms with van der Waals surface area (Å²) < 4.78 is 14.3. The van der Waals surface area contributed by atoms with Gasteiger partial charge in [-0.2, -0.15) is 0 Å². The largest absolute Gasteiger partial charge is 0.299 e. The molecule has 6 nitrogen and oxygen atoms in total. The summed E-state index contributed by atoms with van der Waals surface area (Å²) in [6, 6.07) is 0.615. The molecule has 3 aliphatic carbocycles. The molecule has 208 valence electrons. The number of carbonyl (C=O) groups is 2. The Morgan fingerprint density at radius 1 is 1.13 bits per heavy atom. The highest BCUT2D eigenvalue weighted by Gasteiger charge is 2.66. The lowest BCUT2D eigenvalue weighted by molar-refractivity contribution is -0.124. The number of fused-ring (bicyclic) bond motifs is 1. The van der Waals surface area contributed by atoms with Gasteiger partial charge in [0.2, 0.25) is 5.91 Å². The van der Waals surface area contributed by atoms with Crippen LogP contribution in [0.15, 0.2) is 75.9 Å². The van der Waals surface area contributed by atoms with Crippen LogP contribution < -0.4 is 0 Å². The highest BCUT2D eigenvalue weighted by Crippen LogP contribution is 2.61.